The van der Waals surface area contributed by atoms with Gasteiger partial charge in [0, 0.05) is 28.7 Å². The Morgan fingerprint density at radius 1 is 1.05 bits per heavy atom. The standard InChI is InChI=1S/C28H25Cl2N3O4S/c1-2-37-27(36)19-8-10-22(11-9-19)32-28-33(13-12-18-6-4-3-5-7-18)25(34)17-24(38-28)26(35)31-23-15-20(29)14-21(30)16-23/h3-11,14-16,24H,2,12-13,17H2,1H3,(H,31,35)/t24-/m1/s1. The van der Waals surface area contributed by atoms with Crippen molar-refractivity contribution in [1.82, 2.24) is 4.90 Å². The molecule has 1 fully saturated rings. The molecule has 0 aromatic heterocycles. The zero-order valence-corrected chi connectivity index (χ0v) is 22.9. The monoisotopic (exact) mass is 569 g/mol. The molecule has 1 saturated heterocycles. The van der Waals surface area contributed by atoms with Crippen LogP contribution in [0, 0.1) is 0 Å². The summed E-state index contributed by atoms with van der Waals surface area (Å²) in [6, 6.07) is 21.2. The number of hydrogen-bond acceptors (Lipinski definition) is 6. The zero-order chi connectivity index (χ0) is 27.1. The van der Waals surface area contributed by atoms with Gasteiger partial charge < -0.3 is 10.1 Å². The average molecular weight is 570 g/mol. The minimum Gasteiger partial charge on any atom is -0.462 e. The highest BCUT2D eigenvalue weighted by Crippen LogP contribution is 2.31. The highest BCUT2D eigenvalue weighted by molar-refractivity contribution is 8.15. The number of amidine groups is 1. The Bertz CT molecular complexity index is 1330. The summed E-state index contributed by atoms with van der Waals surface area (Å²) in [5.41, 5.74) is 2.48. The van der Waals surface area contributed by atoms with Crippen LogP contribution in [0.1, 0.15) is 29.3 Å². The molecule has 0 aliphatic carbocycles. The molecule has 10 heteroatoms. The van der Waals surface area contributed by atoms with E-state index in [1.165, 1.54) is 11.8 Å². The van der Waals surface area contributed by atoms with Gasteiger partial charge in [-0.1, -0.05) is 65.3 Å². The minimum atomic E-state index is -0.703. The van der Waals surface area contributed by atoms with E-state index in [2.05, 4.69) is 10.3 Å². The van der Waals surface area contributed by atoms with Crippen LogP contribution in [-0.4, -0.2) is 46.3 Å². The number of anilines is 1. The van der Waals surface area contributed by atoms with Gasteiger partial charge in [0.05, 0.1) is 17.9 Å². The van der Waals surface area contributed by atoms with Gasteiger partial charge in [-0.15, -0.1) is 0 Å². The normalized spacial score (nSPS) is 16.4. The van der Waals surface area contributed by atoms with Crippen molar-refractivity contribution >= 4 is 69.3 Å². The molecule has 4 rings (SSSR count). The number of esters is 1. The van der Waals surface area contributed by atoms with Crippen molar-refractivity contribution in [2.75, 3.05) is 18.5 Å². The van der Waals surface area contributed by atoms with Crippen LogP contribution >= 0.6 is 35.0 Å². The first-order valence-electron chi connectivity index (χ1n) is 12.0. The fourth-order valence-electron chi connectivity index (χ4n) is 3.79. The molecule has 196 valence electrons. The van der Waals surface area contributed by atoms with Crippen LogP contribution < -0.4 is 5.32 Å². The molecule has 1 aliphatic heterocycles. The SMILES string of the molecule is CCOC(=O)c1ccc(N=C2S[C@@H](C(=O)Nc3cc(Cl)cc(Cl)c3)CC(=O)N2CCc2ccccc2)cc1. The van der Waals surface area contributed by atoms with Gasteiger partial charge in [-0.3, -0.25) is 14.5 Å². The molecule has 3 aromatic rings. The van der Waals surface area contributed by atoms with Gasteiger partial charge in [0.2, 0.25) is 11.8 Å². The van der Waals surface area contributed by atoms with Gasteiger partial charge in [0.25, 0.3) is 0 Å². The molecule has 3 aromatic carbocycles. The summed E-state index contributed by atoms with van der Waals surface area (Å²) in [7, 11) is 0. The number of nitrogens with one attached hydrogen (secondary N) is 1. The first-order chi connectivity index (χ1) is 18.3. The van der Waals surface area contributed by atoms with Gasteiger partial charge in [-0.2, -0.15) is 0 Å². The lowest BCUT2D eigenvalue weighted by Gasteiger charge is -2.32. The minimum absolute atomic E-state index is 0.0143. The number of thioether (sulfide) groups is 1. The zero-order valence-electron chi connectivity index (χ0n) is 20.5. The Hall–Kier alpha value is -3.33. The Balaban J connectivity index is 1.57. The number of aliphatic imine (C=N–C) groups is 1. The third-order valence-electron chi connectivity index (χ3n) is 5.63. The second kappa shape index (κ2) is 13.0. The predicted octanol–water partition coefficient (Wildman–Crippen LogP) is 6.37. The largest absolute Gasteiger partial charge is 0.462 e. The van der Waals surface area contributed by atoms with Crippen LogP contribution in [0.2, 0.25) is 10.0 Å². The van der Waals surface area contributed by atoms with Crippen molar-refractivity contribution in [1.29, 1.82) is 0 Å². The molecule has 38 heavy (non-hydrogen) atoms. The van der Waals surface area contributed by atoms with Gasteiger partial charge in [-0.05, 0) is 61.4 Å². The molecule has 0 bridgehead atoms. The Kier molecular flexibility index (Phi) is 9.44. The lowest BCUT2D eigenvalue weighted by Crippen LogP contribution is -2.46. The van der Waals surface area contributed by atoms with E-state index in [9.17, 15) is 14.4 Å². The average Bonchev–Trinajstić information content (AvgIpc) is 2.88. The van der Waals surface area contributed by atoms with Crippen molar-refractivity contribution in [3.8, 4) is 0 Å². The summed E-state index contributed by atoms with van der Waals surface area (Å²) in [4.78, 5) is 44.7. The molecular weight excluding hydrogens is 545 g/mol. The van der Waals surface area contributed by atoms with E-state index in [1.807, 2.05) is 30.3 Å². The van der Waals surface area contributed by atoms with Gasteiger partial charge in [0.15, 0.2) is 5.17 Å². The first kappa shape index (κ1) is 27.7. The number of ether oxygens (including phenoxy) is 1. The smallest absolute Gasteiger partial charge is 0.338 e. The van der Waals surface area contributed by atoms with E-state index in [4.69, 9.17) is 27.9 Å². The third-order valence-corrected chi connectivity index (χ3v) is 7.26. The van der Waals surface area contributed by atoms with E-state index >= 15 is 0 Å². The summed E-state index contributed by atoms with van der Waals surface area (Å²) in [6.07, 6.45) is 0.645. The number of hydrogen-bond donors (Lipinski definition) is 1. The molecule has 0 unspecified atom stereocenters. The van der Waals surface area contributed by atoms with Crippen molar-refractivity contribution < 1.29 is 19.1 Å². The summed E-state index contributed by atoms with van der Waals surface area (Å²) in [5.74, 6) is -0.975. The van der Waals surface area contributed by atoms with E-state index in [0.717, 1.165) is 5.56 Å². The van der Waals surface area contributed by atoms with Crippen LogP contribution in [0.15, 0.2) is 77.8 Å². The fourth-order valence-corrected chi connectivity index (χ4v) is 5.44. The van der Waals surface area contributed by atoms with Crippen molar-refractivity contribution in [2.45, 2.75) is 25.0 Å². The van der Waals surface area contributed by atoms with Crippen molar-refractivity contribution in [3.05, 3.63) is 94.0 Å². The van der Waals surface area contributed by atoms with Crippen molar-refractivity contribution in [3.63, 3.8) is 0 Å². The Morgan fingerprint density at radius 2 is 1.74 bits per heavy atom. The summed E-state index contributed by atoms with van der Waals surface area (Å²) < 4.78 is 5.03. The Labute approximate surface area is 235 Å². The number of rotatable bonds is 8. The van der Waals surface area contributed by atoms with Crippen LogP contribution in [-0.2, 0) is 20.7 Å². The maximum atomic E-state index is 13.3. The van der Waals surface area contributed by atoms with E-state index < -0.39 is 11.2 Å². The van der Waals surface area contributed by atoms with Gasteiger partial charge in [0.1, 0.15) is 5.25 Å². The third kappa shape index (κ3) is 7.37. The van der Waals surface area contributed by atoms with Gasteiger partial charge in [-0.25, -0.2) is 9.79 Å². The summed E-state index contributed by atoms with van der Waals surface area (Å²) in [6.45, 7) is 2.43. The highest BCUT2D eigenvalue weighted by Gasteiger charge is 2.36. The number of carbonyl (C=O) groups excluding carboxylic acids is 3. The van der Waals surface area contributed by atoms with E-state index in [0.29, 0.717) is 45.1 Å². The lowest BCUT2D eigenvalue weighted by molar-refractivity contribution is -0.129. The van der Waals surface area contributed by atoms with Crippen LogP contribution in [0.25, 0.3) is 0 Å². The number of nitrogens with zero attached hydrogens (tertiary/aromatic N) is 2. The molecule has 0 spiro atoms. The molecule has 2 amide bonds. The Morgan fingerprint density at radius 3 is 2.39 bits per heavy atom. The van der Waals surface area contributed by atoms with Gasteiger partial charge >= 0.3 is 5.97 Å². The summed E-state index contributed by atoms with van der Waals surface area (Å²) >= 11 is 13.3. The molecule has 0 saturated carbocycles. The van der Waals surface area contributed by atoms with Crippen molar-refractivity contribution in [2.24, 2.45) is 4.99 Å². The van der Waals surface area contributed by atoms with E-state index in [-0.39, 0.29) is 24.8 Å². The molecule has 1 aliphatic rings. The predicted molar refractivity (Wildman–Crippen MR) is 152 cm³/mol. The maximum absolute atomic E-state index is 13.3. The first-order valence-corrected chi connectivity index (χ1v) is 13.6. The van der Waals surface area contributed by atoms with E-state index in [1.54, 1.807) is 54.3 Å². The molecule has 1 N–H and O–H groups in total. The molecule has 0 radical (unpaired) electrons. The molecule has 7 nitrogen and oxygen atoms in total. The second-order valence-corrected chi connectivity index (χ2v) is 10.4. The number of benzene rings is 3. The quantitative estimate of drug-likeness (QED) is 0.318. The summed E-state index contributed by atoms with van der Waals surface area (Å²) in [5, 5.41) is 3.28. The van der Waals surface area contributed by atoms with Crippen LogP contribution in [0.3, 0.4) is 0 Å². The topological polar surface area (TPSA) is 88.1 Å². The fraction of sp³-hybridized carbons (Fsp3) is 0.214. The second-order valence-electron chi connectivity index (χ2n) is 8.40. The maximum Gasteiger partial charge on any atom is 0.338 e. The number of carbonyl (C=O) groups is 3. The molecular formula is C28H25Cl2N3O4S. The van der Waals surface area contributed by atoms with Crippen LogP contribution in [0.4, 0.5) is 11.4 Å². The van der Waals surface area contributed by atoms with Crippen LogP contribution in [0.5, 0.6) is 0 Å². The molecule has 1 heterocycles. The molecule has 1 atom stereocenters. The highest BCUT2D eigenvalue weighted by atomic mass is 35.5. The number of halogens is 2. The lowest BCUT2D eigenvalue weighted by atomic mass is 10.1. The number of amides is 2.